The van der Waals surface area contributed by atoms with E-state index >= 15 is 0 Å². The first-order chi connectivity index (χ1) is 17.1. The van der Waals surface area contributed by atoms with Crippen molar-refractivity contribution in [3.8, 4) is 5.75 Å². The molecule has 1 saturated heterocycles. The molecule has 0 spiro atoms. The van der Waals surface area contributed by atoms with Crippen LogP contribution in [0.3, 0.4) is 0 Å². The van der Waals surface area contributed by atoms with Gasteiger partial charge < -0.3 is 24.6 Å². The first kappa shape index (κ1) is 27.0. The highest BCUT2D eigenvalue weighted by molar-refractivity contribution is 6.00. The van der Waals surface area contributed by atoms with Gasteiger partial charge in [0.05, 0.1) is 31.8 Å². The van der Waals surface area contributed by atoms with Gasteiger partial charge in [-0.3, -0.25) is 14.4 Å². The Morgan fingerprint density at radius 2 is 1.49 bits per heavy atom. The van der Waals surface area contributed by atoms with E-state index in [4.69, 9.17) is 9.47 Å². The summed E-state index contributed by atoms with van der Waals surface area (Å²) < 4.78 is 11.3. The maximum atomic E-state index is 13.3. The van der Waals surface area contributed by atoms with Crippen molar-refractivity contribution in [3.63, 3.8) is 0 Å². The standard InChI is InChI=1S/C27H41N3O5/c1-29-15-11-7-5-3-2-4-6-8-12-18-35-24-14-10-9-13-22(24)26(32)28-23(21-25(29)31)27(33)30-16-19-34-20-17-30/h9-10,13-14,23H,2-8,11-12,15-21H2,1H3,(H,28,32)/t23-/m0/s1. The van der Waals surface area contributed by atoms with Crippen LogP contribution in [0.2, 0.25) is 0 Å². The van der Waals surface area contributed by atoms with Crippen molar-refractivity contribution in [2.75, 3.05) is 46.5 Å². The second-order valence-electron chi connectivity index (χ2n) is 9.51. The molecule has 2 aliphatic rings. The number of carbonyl (C=O) groups excluding carboxylic acids is 3. The second-order valence-corrected chi connectivity index (χ2v) is 9.51. The average molecular weight is 488 g/mol. The van der Waals surface area contributed by atoms with Gasteiger partial charge in [-0.15, -0.1) is 0 Å². The number of carbonyl (C=O) groups is 3. The summed E-state index contributed by atoms with van der Waals surface area (Å²) in [5.74, 6) is -0.294. The van der Waals surface area contributed by atoms with Gasteiger partial charge in [-0.2, -0.15) is 0 Å². The largest absolute Gasteiger partial charge is 0.493 e. The topological polar surface area (TPSA) is 88.2 Å². The summed E-state index contributed by atoms with van der Waals surface area (Å²) in [6.07, 6.45) is 10.1. The number of rotatable bonds is 1. The summed E-state index contributed by atoms with van der Waals surface area (Å²) in [4.78, 5) is 42.9. The third-order valence-electron chi connectivity index (χ3n) is 6.76. The second kappa shape index (κ2) is 14.7. The van der Waals surface area contributed by atoms with E-state index in [2.05, 4.69) is 5.32 Å². The molecule has 1 aromatic rings. The van der Waals surface area contributed by atoms with E-state index in [1.54, 1.807) is 35.0 Å². The first-order valence-corrected chi connectivity index (χ1v) is 13.2. The van der Waals surface area contributed by atoms with E-state index < -0.39 is 11.9 Å². The van der Waals surface area contributed by atoms with Gasteiger partial charge >= 0.3 is 0 Å². The van der Waals surface area contributed by atoms with Crippen molar-refractivity contribution in [1.82, 2.24) is 15.1 Å². The van der Waals surface area contributed by atoms with E-state index in [-0.39, 0.29) is 18.2 Å². The summed E-state index contributed by atoms with van der Waals surface area (Å²) in [6, 6.07) is 6.14. The lowest BCUT2D eigenvalue weighted by molar-refractivity contribution is -0.141. The van der Waals surface area contributed by atoms with Crippen LogP contribution in [-0.4, -0.2) is 80.1 Å². The van der Waals surface area contributed by atoms with Gasteiger partial charge in [0.1, 0.15) is 11.8 Å². The minimum absolute atomic E-state index is 0.0680. The molecule has 0 aliphatic carbocycles. The monoisotopic (exact) mass is 487 g/mol. The number of nitrogens with one attached hydrogen (secondary N) is 1. The summed E-state index contributed by atoms with van der Waals surface area (Å²) in [5.41, 5.74) is 0.377. The number of morpholine rings is 1. The molecule has 3 amide bonds. The molecular weight excluding hydrogens is 446 g/mol. The predicted molar refractivity (Wildman–Crippen MR) is 134 cm³/mol. The molecule has 194 valence electrons. The normalized spacial score (nSPS) is 22.5. The van der Waals surface area contributed by atoms with Crippen molar-refractivity contribution in [2.45, 2.75) is 70.3 Å². The fraction of sp³-hybridized carbons (Fsp3) is 0.667. The zero-order valence-corrected chi connectivity index (χ0v) is 21.1. The molecule has 0 bridgehead atoms. The van der Waals surface area contributed by atoms with Crippen molar-refractivity contribution >= 4 is 17.7 Å². The van der Waals surface area contributed by atoms with Crippen LogP contribution < -0.4 is 10.1 Å². The van der Waals surface area contributed by atoms with Gasteiger partial charge in [0, 0.05) is 26.7 Å². The fourth-order valence-electron chi connectivity index (χ4n) is 4.55. The Bertz CT molecular complexity index is 825. The molecule has 8 nitrogen and oxygen atoms in total. The third kappa shape index (κ3) is 8.84. The Morgan fingerprint density at radius 1 is 0.857 bits per heavy atom. The molecular formula is C27H41N3O5. The van der Waals surface area contributed by atoms with Crippen molar-refractivity contribution in [3.05, 3.63) is 29.8 Å². The van der Waals surface area contributed by atoms with E-state index in [1.165, 1.54) is 32.1 Å². The Balaban J connectivity index is 1.76. The molecule has 0 radical (unpaired) electrons. The minimum atomic E-state index is -0.936. The van der Waals surface area contributed by atoms with Gasteiger partial charge in [0.15, 0.2) is 0 Å². The molecule has 1 N–H and O–H groups in total. The van der Waals surface area contributed by atoms with E-state index in [1.807, 2.05) is 6.07 Å². The van der Waals surface area contributed by atoms with Crippen LogP contribution in [0.1, 0.15) is 74.6 Å². The van der Waals surface area contributed by atoms with Gasteiger partial charge in [0.2, 0.25) is 11.8 Å². The zero-order chi connectivity index (χ0) is 24.9. The molecule has 2 aliphatic heterocycles. The molecule has 1 atom stereocenters. The lowest BCUT2D eigenvalue weighted by Gasteiger charge is -2.31. The molecule has 0 saturated carbocycles. The van der Waals surface area contributed by atoms with Crippen LogP contribution in [0.15, 0.2) is 24.3 Å². The highest BCUT2D eigenvalue weighted by Crippen LogP contribution is 2.20. The highest BCUT2D eigenvalue weighted by Gasteiger charge is 2.31. The predicted octanol–water partition coefficient (Wildman–Crippen LogP) is 3.40. The van der Waals surface area contributed by atoms with Crippen molar-refractivity contribution in [1.29, 1.82) is 0 Å². The summed E-state index contributed by atoms with van der Waals surface area (Å²) >= 11 is 0. The lowest BCUT2D eigenvalue weighted by atomic mass is 10.1. The SMILES string of the molecule is CN1CCCCCCCCCCCOc2ccccc2C(=O)N[C@H](C(=O)N2CCOCC2)CC1=O. The van der Waals surface area contributed by atoms with Gasteiger partial charge in [0.25, 0.3) is 5.91 Å². The molecule has 0 unspecified atom stereocenters. The number of hydrogen-bond donors (Lipinski definition) is 1. The maximum Gasteiger partial charge on any atom is 0.255 e. The van der Waals surface area contributed by atoms with Gasteiger partial charge in [-0.1, -0.05) is 57.1 Å². The molecule has 8 heteroatoms. The average Bonchev–Trinajstić information content (AvgIpc) is 2.88. The number of ether oxygens (including phenoxy) is 2. The molecule has 0 aromatic heterocycles. The van der Waals surface area contributed by atoms with Crippen LogP contribution in [0, 0.1) is 0 Å². The maximum absolute atomic E-state index is 13.3. The number of hydrogen-bond acceptors (Lipinski definition) is 5. The Hall–Kier alpha value is -2.61. The van der Waals surface area contributed by atoms with E-state index in [0.717, 1.165) is 25.7 Å². The molecule has 35 heavy (non-hydrogen) atoms. The van der Waals surface area contributed by atoms with Crippen molar-refractivity contribution < 1.29 is 23.9 Å². The van der Waals surface area contributed by atoms with Gasteiger partial charge in [-0.25, -0.2) is 0 Å². The number of amides is 3. The molecule has 1 aromatic carbocycles. The smallest absolute Gasteiger partial charge is 0.255 e. The fourth-order valence-corrected chi connectivity index (χ4v) is 4.55. The quantitative estimate of drug-likeness (QED) is 0.656. The summed E-state index contributed by atoms with van der Waals surface area (Å²) in [6.45, 7) is 3.02. The number of para-hydroxylation sites is 1. The number of fused-ring (bicyclic) bond motifs is 1. The van der Waals surface area contributed by atoms with Crippen LogP contribution in [0.5, 0.6) is 5.75 Å². The third-order valence-corrected chi connectivity index (χ3v) is 6.76. The lowest BCUT2D eigenvalue weighted by Crippen LogP contribution is -2.53. The molecule has 3 rings (SSSR count). The van der Waals surface area contributed by atoms with Crippen LogP contribution >= 0.6 is 0 Å². The van der Waals surface area contributed by atoms with Gasteiger partial charge in [-0.05, 0) is 25.0 Å². The Labute approximate surface area is 209 Å². The highest BCUT2D eigenvalue weighted by atomic mass is 16.5. The van der Waals surface area contributed by atoms with Crippen LogP contribution in [-0.2, 0) is 14.3 Å². The Kier molecular flexibility index (Phi) is 11.3. The van der Waals surface area contributed by atoms with Crippen LogP contribution in [0.4, 0.5) is 0 Å². The summed E-state index contributed by atoms with van der Waals surface area (Å²) in [5, 5.41) is 2.85. The van der Waals surface area contributed by atoms with Crippen LogP contribution in [0.25, 0.3) is 0 Å². The van der Waals surface area contributed by atoms with Crippen molar-refractivity contribution in [2.24, 2.45) is 0 Å². The Morgan fingerprint density at radius 3 is 2.20 bits per heavy atom. The number of benzene rings is 1. The van der Waals surface area contributed by atoms with E-state index in [0.29, 0.717) is 50.8 Å². The minimum Gasteiger partial charge on any atom is -0.493 e. The molecule has 2 heterocycles. The van der Waals surface area contributed by atoms with E-state index in [9.17, 15) is 14.4 Å². The molecule has 1 fully saturated rings. The zero-order valence-electron chi connectivity index (χ0n) is 21.1. The number of nitrogens with zero attached hydrogens (tertiary/aromatic N) is 2. The summed E-state index contributed by atoms with van der Waals surface area (Å²) in [7, 11) is 1.77. The first-order valence-electron chi connectivity index (χ1n) is 13.2.